The van der Waals surface area contributed by atoms with Crippen molar-refractivity contribution in [1.29, 1.82) is 0 Å². The number of nitrogens with zero attached hydrogens (tertiary/aromatic N) is 1. The highest BCUT2D eigenvalue weighted by molar-refractivity contribution is 5.85. The summed E-state index contributed by atoms with van der Waals surface area (Å²) in [6.45, 7) is 1.88. The summed E-state index contributed by atoms with van der Waals surface area (Å²) in [5.41, 5.74) is 0.563. The molecule has 14 heavy (non-hydrogen) atoms. The highest BCUT2D eigenvalue weighted by atomic mass is 16.4. The first kappa shape index (κ1) is 9.24. The van der Waals surface area contributed by atoms with E-state index in [1.165, 1.54) is 12.8 Å². The smallest absolute Gasteiger partial charge is 0.373 e. The van der Waals surface area contributed by atoms with Gasteiger partial charge < -0.3 is 9.52 Å². The zero-order valence-corrected chi connectivity index (χ0v) is 8.12. The van der Waals surface area contributed by atoms with Gasteiger partial charge in [0.15, 0.2) is 5.89 Å². The molecule has 4 heteroatoms. The molecule has 1 aromatic rings. The third-order valence-corrected chi connectivity index (χ3v) is 2.43. The number of oxazole rings is 1. The Morgan fingerprint density at radius 3 is 2.79 bits per heavy atom. The lowest BCUT2D eigenvalue weighted by Gasteiger charge is -1.89. The predicted octanol–water partition coefficient (Wildman–Crippen LogP) is 1.89. The molecule has 1 saturated carbocycles. The lowest BCUT2D eigenvalue weighted by atomic mass is 10.3. The Labute approximate surface area is 81.9 Å². The van der Waals surface area contributed by atoms with E-state index in [2.05, 4.69) is 4.98 Å². The molecule has 1 N–H and O–H groups in total. The molecule has 0 aliphatic heterocycles. The van der Waals surface area contributed by atoms with E-state index in [9.17, 15) is 4.79 Å². The number of carbonyl (C=O) groups is 1. The number of carboxylic acids is 1. The average Bonchev–Trinajstić information content (AvgIpc) is 2.83. The molecule has 4 nitrogen and oxygen atoms in total. The maximum atomic E-state index is 10.8. The van der Waals surface area contributed by atoms with Crippen molar-refractivity contribution < 1.29 is 14.3 Å². The van der Waals surface area contributed by atoms with E-state index < -0.39 is 5.97 Å². The monoisotopic (exact) mass is 195 g/mol. The van der Waals surface area contributed by atoms with Crippen molar-refractivity contribution in [1.82, 2.24) is 4.98 Å². The van der Waals surface area contributed by atoms with E-state index >= 15 is 0 Å². The van der Waals surface area contributed by atoms with Gasteiger partial charge in [-0.05, 0) is 25.2 Å². The van der Waals surface area contributed by atoms with Gasteiger partial charge in [0.05, 0.1) is 5.69 Å². The van der Waals surface area contributed by atoms with Crippen LogP contribution in [0.3, 0.4) is 0 Å². The van der Waals surface area contributed by atoms with Crippen LogP contribution in [0.15, 0.2) is 4.42 Å². The highest BCUT2D eigenvalue weighted by Gasteiger charge is 2.26. The molecule has 76 valence electrons. The summed E-state index contributed by atoms with van der Waals surface area (Å²) in [5.74, 6) is 0.251. The van der Waals surface area contributed by atoms with Gasteiger partial charge in [0.2, 0.25) is 5.76 Å². The molecule has 1 aromatic heterocycles. The van der Waals surface area contributed by atoms with Crippen LogP contribution in [-0.4, -0.2) is 16.1 Å². The minimum Gasteiger partial charge on any atom is -0.475 e. The van der Waals surface area contributed by atoms with Crippen LogP contribution in [0.25, 0.3) is 0 Å². The fraction of sp³-hybridized carbons (Fsp3) is 0.600. The molecule has 1 fully saturated rings. The maximum Gasteiger partial charge on any atom is 0.373 e. The first-order chi connectivity index (χ1) is 6.70. The van der Waals surface area contributed by atoms with Gasteiger partial charge >= 0.3 is 5.97 Å². The van der Waals surface area contributed by atoms with E-state index in [1.54, 1.807) is 0 Å². The fourth-order valence-electron chi connectivity index (χ4n) is 1.46. The van der Waals surface area contributed by atoms with E-state index in [-0.39, 0.29) is 5.76 Å². The molecule has 2 rings (SSSR count). The van der Waals surface area contributed by atoms with E-state index in [4.69, 9.17) is 9.52 Å². The Morgan fingerprint density at radius 2 is 2.36 bits per heavy atom. The van der Waals surface area contributed by atoms with E-state index in [0.29, 0.717) is 23.9 Å². The molecule has 0 radical (unpaired) electrons. The van der Waals surface area contributed by atoms with Crippen molar-refractivity contribution in [3.63, 3.8) is 0 Å². The van der Waals surface area contributed by atoms with Crippen LogP contribution in [0.2, 0.25) is 0 Å². The number of carboxylic acid groups (broad SMARTS) is 1. The van der Waals surface area contributed by atoms with Crippen LogP contribution in [0.5, 0.6) is 0 Å². The first-order valence-electron chi connectivity index (χ1n) is 4.92. The van der Waals surface area contributed by atoms with Crippen LogP contribution in [-0.2, 0) is 12.8 Å². The molecule has 1 aliphatic rings. The number of aromatic nitrogens is 1. The molecule has 0 spiro atoms. The standard InChI is InChI=1S/C10H13NO3/c1-2-7-9(10(12)13)14-8(11-7)5-6-3-4-6/h6H,2-5H2,1H3,(H,12,13). The largest absolute Gasteiger partial charge is 0.475 e. The third-order valence-electron chi connectivity index (χ3n) is 2.43. The Kier molecular flexibility index (Phi) is 2.27. The van der Waals surface area contributed by atoms with Crippen LogP contribution < -0.4 is 0 Å². The summed E-state index contributed by atoms with van der Waals surface area (Å²) >= 11 is 0. The summed E-state index contributed by atoms with van der Waals surface area (Å²) < 4.78 is 5.21. The maximum absolute atomic E-state index is 10.8. The number of aromatic carboxylic acids is 1. The Hall–Kier alpha value is -1.32. The number of aryl methyl sites for hydroxylation is 1. The van der Waals surface area contributed by atoms with Gasteiger partial charge in [0.25, 0.3) is 0 Å². The SMILES string of the molecule is CCc1nc(CC2CC2)oc1C(=O)O. The first-order valence-corrected chi connectivity index (χ1v) is 4.92. The molecule has 1 heterocycles. The molecular formula is C10H13NO3. The summed E-state index contributed by atoms with van der Waals surface area (Å²) in [6, 6.07) is 0. The zero-order valence-electron chi connectivity index (χ0n) is 8.12. The quantitative estimate of drug-likeness (QED) is 0.796. The zero-order chi connectivity index (χ0) is 10.1. The minimum atomic E-state index is -1.02. The van der Waals surface area contributed by atoms with Gasteiger partial charge in [0.1, 0.15) is 0 Å². The lowest BCUT2D eigenvalue weighted by Crippen LogP contribution is -1.98. The summed E-state index contributed by atoms with van der Waals surface area (Å²) in [5, 5.41) is 8.83. The fourth-order valence-corrected chi connectivity index (χ4v) is 1.46. The number of hydrogen-bond donors (Lipinski definition) is 1. The number of rotatable bonds is 4. The van der Waals surface area contributed by atoms with Gasteiger partial charge in [-0.2, -0.15) is 0 Å². The summed E-state index contributed by atoms with van der Waals surface area (Å²) in [6.07, 6.45) is 3.83. The molecule has 0 atom stereocenters. The van der Waals surface area contributed by atoms with Gasteiger partial charge in [0, 0.05) is 6.42 Å². The summed E-state index contributed by atoms with van der Waals surface area (Å²) in [4.78, 5) is 14.9. The summed E-state index contributed by atoms with van der Waals surface area (Å²) in [7, 11) is 0. The molecule has 0 unspecified atom stereocenters. The Morgan fingerprint density at radius 1 is 1.64 bits per heavy atom. The van der Waals surface area contributed by atoms with Gasteiger partial charge in [-0.3, -0.25) is 0 Å². The normalized spacial score (nSPS) is 15.8. The minimum absolute atomic E-state index is 0.0168. The molecular weight excluding hydrogens is 182 g/mol. The van der Waals surface area contributed by atoms with Crippen LogP contribution in [0, 0.1) is 5.92 Å². The molecule has 0 bridgehead atoms. The van der Waals surface area contributed by atoms with Crippen LogP contribution >= 0.6 is 0 Å². The van der Waals surface area contributed by atoms with Gasteiger partial charge in [-0.25, -0.2) is 9.78 Å². The molecule has 1 aliphatic carbocycles. The van der Waals surface area contributed by atoms with Crippen LogP contribution in [0.4, 0.5) is 0 Å². The molecule has 0 aromatic carbocycles. The molecule has 0 amide bonds. The van der Waals surface area contributed by atoms with Gasteiger partial charge in [-0.1, -0.05) is 6.92 Å². The predicted molar refractivity (Wildman–Crippen MR) is 49.3 cm³/mol. The second-order valence-electron chi connectivity index (χ2n) is 3.69. The van der Waals surface area contributed by atoms with E-state index in [0.717, 1.165) is 6.42 Å². The topological polar surface area (TPSA) is 63.3 Å². The second-order valence-corrected chi connectivity index (χ2v) is 3.69. The lowest BCUT2D eigenvalue weighted by molar-refractivity contribution is 0.0658. The molecule has 0 saturated heterocycles. The average molecular weight is 195 g/mol. The van der Waals surface area contributed by atoms with Crippen molar-refractivity contribution in [2.75, 3.05) is 0 Å². The van der Waals surface area contributed by atoms with Crippen molar-refractivity contribution >= 4 is 5.97 Å². The van der Waals surface area contributed by atoms with Crippen LogP contribution in [0.1, 0.15) is 41.9 Å². The van der Waals surface area contributed by atoms with Crippen molar-refractivity contribution in [2.24, 2.45) is 5.92 Å². The Balaban J connectivity index is 2.20. The van der Waals surface area contributed by atoms with E-state index in [1.807, 2.05) is 6.92 Å². The highest BCUT2D eigenvalue weighted by Crippen LogP contribution is 2.32. The van der Waals surface area contributed by atoms with Crippen molar-refractivity contribution in [2.45, 2.75) is 32.6 Å². The van der Waals surface area contributed by atoms with Crippen molar-refractivity contribution in [3.8, 4) is 0 Å². The number of hydrogen-bond acceptors (Lipinski definition) is 3. The van der Waals surface area contributed by atoms with Crippen molar-refractivity contribution in [3.05, 3.63) is 17.3 Å². The third kappa shape index (κ3) is 1.78. The van der Waals surface area contributed by atoms with Gasteiger partial charge in [-0.15, -0.1) is 0 Å². The Bertz CT molecular complexity index is 352. The second kappa shape index (κ2) is 3.44.